The zero-order valence-corrected chi connectivity index (χ0v) is 20.8. The van der Waals surface area contributed by atoms with E-state index in [4.69, 9.17) is 16.1 Å². The van der Waals surface area contributed by atoms with Crippen LogP contribution in [-0.4, -0.2) is 39.9 Å². The molecule has 1 atom stereocenters. The van der Waals surface area contributed by atoms with Crippen LogP contribution in [0.15, 0.2) is 60.9 Å². The van der Waals surface area contributed by atoms with Crippen molar-refractivity contribution in [3.05, 3.63) is 72.1 Å². The van der Waals surface area contributed by atoms with Gasteiger partial charge in [-0.15, -0.1) is 6.42 Å². The van der Waals surface area contributed by atoms with Crippen molar-refractivity contribution in [1.29, 1.82) is 0 Å². The zero-order valence-electron chi connectivity index (χ0n) is 20.8. The second-order valence-corrected chi connectivity index (χ2v) is 9.23. The van der Waals surface area contributed by atoms with Crippen molar-refractivity contribution in [2.45, 2.75) is 38.6 Å². The van der Waals surface area contributed by atoms with Crippen LogP contribution < -0.4 is 15.4 Å². The van der Waals surface area contributed by atoms with E-state index in [1.54, 1.807) is 12.4 Å². The van der Waals surface area contributed by atoms with E-state index in [2.05, 4.69) is 26.5 Å². The number of aromatic nitrogens is 3. The Kier molecular flexibility index (Phi) is 7.38. The van der Waals surface area contributed by atoms with Crippen LogP contribution in [0.3, 0.4) is 0 Å². The van der Waals surface area contributed by atoms with Gasteiger partial charge in [0, 0.05) is 36.8 Å². The average molecular weight is 492 g/mol. The van der Waals surface area contributed by atoms with E-state index >= 15 is 0 Å². The van der Waals surface area contributed by atoms with E-state index in [0.29, 0.717) is 23.6 Å². The number of pyridine rings is 1. The number of rotatable bonds is 8. The van der Waals surface area contributed by atoms with E-state index in [-0.39, 0.29) is 18.6 Å². The van der Waals surface area contributed by atoms with Gasteiger partial charge in [-0.05, 0) is 61.0 Å². The summed E-state index contributed by atoms with van der Waals surface area (Å²) in [5.74, 6) is 4.19. The molecule has 1 fully saturated rings. The third-order valence-corrected chi connectivity index (χ3v) is 6.52. The third kappa shape index (κ3) is 5.60. The number of hydrogen-bond acceptors (Lipinski definition) is 7. The number of Topliss-reactive ketones (excluding diaryl/α,β-unsaturated/α-hetero) is 1. The van der Waals surface area contributed by atoms with Crippen LogP contribution in [0.25, 0.3) is 22.0 Å². The molecule has 4 aromatic rings. The number of carbonyl (C=O) groups excluding carboxylic acids is 1. The monoisotopic (exact) mass is 491 g/mol. The van der Waals surface area contributed by atoms with Gasteiger partial charge >= 0.3 is 0 Å². The van der Waals surface area contributed by atoms with Gasteiger partial charge in [0.1, 0.15) is 11.5 Å². The first-order chi connectivity index (χ1) is 18.1. The smallest absolute Gasteiger partial charge is 0.228 e. The number of piperidine rings is 1. The van der Waals surface area contributed by atoms with E-state index in [1.807, 2.05) is 55.5 Å². The summed E-state index contributed by atoms with van der Waals surface area (Å²) >= 11 is 0. The predicted octanol–water partition coefficient (Wildman–Crippen LogP) is 5.09. The van der Waals surface area contributed by atoms with Gasteiger partial charge in [0.25, 0.3) is 0 Å². The summed E-state index contributed by atoms with van der Waals surface area (Å²) in [7, 11) is 0. The first-order valence-electron chi connectivity index (χ1n) is 12.5. The van der Waals surface area contributed by atoms with E-state index < -0.39 is 0 Å². The lowest BCUT2D eigenvalue weighted by atomic mass is 9.97. The normalized spacial score (nSPS) is 15.2. The van der Waals surface area contributed by atoms with Crippen molar-refractivity contribution in [3.8, 4) is 35.2 Å². The second-order valence-electron chi connectivity index (χ2n) is 9.23. The molecule has 186 valence electrons. The minimum atomic E-state index is 0.0160. The summed E-state index contributed by atoms with van der Waals surface area (Å²) < 4.78 is 6.49. The molecule has 2 aromatic carbocycles. The predicted molar refractivity (Wildman–Crippen MR) is 146 cm³/mol. The van der Waals surface area contributed by atoms with Crippen molar-refractivity contribution in [1.82, 2.24) is 20.3 Å². The van der Waals surface area contributed by atoms with Gasteiger partial charge in [0.05, 0.1) is 17.7 Å². The third-order valence-electron chi connectivity index (χ3n) is 6.52. The van der Waals surface area contributed by atoms with E-state index in [1.165, 1.54) is 0 Å². The number of ether oxygens (including phenoxy) is 1. The van der Waals surface area contributed by atoms with Crippen molar-refractivity contribution in [3.63, 3.8) is 0 Å². The number of aryl methyl sites for hydroxylation is 1. The summed E-state index contributed by atoms with van der Waals surface area (Å²) in [6.07, 6.45) is 11.4. The molecule has 1 aliphatic rings. The number of carbonyl (C=O) groups is 1. The van der Waals surface area contributed by atoms with Gasteiger partial charge in [0.2, 0.25) is 11.8 Å². The molecule has 0 bridgehead atoms. The van der Waals surface area contributed by atoms with Crippen LogP contribution in [-0.2, 0) is 11.2 Å². The summed E-state index contributed by atoms with van der Waals surface area (Å²) in [5, 5.41) is 8.71. The van der Waals surface area contributed by atoms with Crippen LogP contribution in [0.1, 0.15) is 30.4 Å². The molecule has 1 aliphatic heterocycles. The fourth-order valence-corrected chi connectivity index (χ4v) is 4.68. The number of fused-ring (bicyclic) bond motifs is 1. The molecule has 37 heavy (non-hydrogen) atoms. The zero-order chi connectivity index (χ0) is 25.6. The van der Waals surface area contributed by atoms with Crippen LogP contribution in [0.5, 0.6) is 11.6 Å². The fraction of sp³-hybridized carbons (Fsp3) is 0.267. The first kappa shape index (κ1) is 24.4. The topological polar surface area (TPSA) is 89.0 Å². The molecule has 0 amide bonds. The Morgan fingerprint density at radius 1 is 1.14 bits per heavy atom. The summed E-state index contributed by atoms with van der Waals surface area (Å²) in [5.41, 5.74) is 3.38. The lowest BCUT2D eigenvalue weighted by molar-refractivity contribution is -0.117. The number of anilines is 1. The molecule has 0 unspecified atom stereocenters. The van der Waals surface area contributed by atoms with Crippen LogP contribution in [0, 0.1) is 19.3 Å². The Bertz CT molecular complexity index is 1470. The molecule has 5 rings (SSSR count). The number of ketones is 1. The van der Waals surface area contributed by atoms with Gasteiger partial charge < -0.3 is 15.4 Å². The lowest BCUT2D eigenvalue weighted by Crippen LogP contribution is -2.38. The lowest BCUT2D eigenvalue weighted by Gasteiger charge is -2.23. The maximum Gasteiger partial charge on any atom is 0.228 e. The number of hydrogen-bond donors (Lipinski definition) is 2. The first-order valence-corrected chi connectivity index (χ1v) is 12.5. The van der Waals surface area contributed by atoms with E-state index in [9.17, 15) is 4.79 Å². The van der Waals surface area contributed by atoms with Crippen molar-refractivity contribution >= 4 is 22.5 Å². The minimum absolute atomic E-state index is 0.0160. The maximum atomic E-state index is 12.2. The molecular weight excluding hydrogens is 462 g/mol. The number of benzene rings is 2. The number of terminal acetylenes is 1. The van der Waals surface area contributed by atoms with Gasteiger partial charge in [0.15, 0.2) is 0 Å². The summed E-state index contributed by atoms with van der Waals surface area (Å²) in [6, 6.07) is 15.9. The average Bonchev–Trinajstić information content (AvgIpc) is 2.91. The largest absolute Gasteiger partial charge is 0.437 e. The number of nitrogens with one attached hydrogen (secondary N) is 2. The Labute approximate surface area is 216 Å². The summed E-state index contributed by atoms with van der Waals surface area (Å²) in [6.45, 7) is 3.94. The van der Waals surface area contributed by atoms with Crippen LogP contribution in [0.2, 0.25) is 0 Å². The molecule has 7 heteroatoms. The molecule has 1 saturated heterocycles. The second kappa shape index (κ2) is 11.2. The Hall–Kier alpha value is -4.28. The molecule has 3 heterocycles. The standard InChI is InChI=1S/C30H29N5O2/c1-3-7-23(36)18-21-8-4-10-25-24(21)13-12-20(2)28(25)37-29-26(11-6-16-32-29)27-14-17-33-30(35-27)34-22-9-5-15-31-19-22/h1,4,6,8,10-14,16-17,22,31H,5,7,9,15,18-19H2,2H3,(H,33,34,35)/t22-/m0/s1. The molecule has 0 saturated carbocycles. The highest BCUT2D eigenvalue weighted by atomic mass is 16.5. The molecule has 0 radical (unpaired) electrons. The molecule has 2 aromatic heterocycles. The van der Waals surface area contributed by atoms with Gasteiger partial charge in [-0.1, -0.05) is 36.3 Å². The highest BCUT2D eigenvalue weighted by Crippen LogP contribution is 2.37. The van der Waals surface area contributed by atoms with Crippen LogP contribution in [0.4, 0.5) is 5.95 Å². The Balaban J connectivity index is 1.48. The van der Waals surface area contributed by atoms with E-state index in [0.717, 1.165) is 59.1 Å². The van der Waals surface area contributed by atoms with Crippen molar-refractivity contribution in [2.75, 3.05) is 18.4 Å². The number of nitrogens with zero attached hydrogens (tertiary/aromatic N) is 3. The Morgan fingerprint density at radius 2 is 2.05 bits per heavy atom. The van der Waals surface area contributed by atoms with Gasteiger partial charge in [-0.25, -0.2) is 15.0 Å². The molecule has 0 spiro atoms. The Morgan fingerprint density at radius 3 is 2.89 bits per heavy atom. The van der Waals surface area contributed by atoms with Crippen LogP contribution >= 0.6 is 0 Å². The maximum absolute atomic E-state index is 12.2. The fourth-order valence-electron chi connectivity index (χ4n) is 4.68. The highest BCUT2D eigenvalue weighted by molar-refractivity contribution is 5.95. The van der Waals surface area contributed by atoms with Crippen molar-refractivity contribution < 1.29 is 9.53 Å². The summed E-state index contributed by atoms with van der Waals surface area (Å²) in [4.78, 5) is 26.0. The molecule has 7 nitrogen and oxygen atoms in total. The molecular formula is C30H29N5O2. The molecule has 2 N–H and O–H groups in total. The van der Waals surface area contributed by atoms with Crippen molar-refractivity contribution in [2.24, 2.45) is 0 Å². The van der Waals surface area contributed by atoms with Gasteiger partial charge in [-0.2, -0.15) is 0 Å². The van der Waals surface area contributed by atoms with Gasteiger partial charge in [-0.3, -0.25) is 4.79 Å². The minimum Gasteiger partial charge on any atom is -0.437 e. The molecule has 0 aliphatic carbocycles. The SMILES string of the molecule is C#CCC(=O)Cc1cccc2c(Oc3ncccc3-c3ccnc(N[C@H]4CCCNC4)n3)c(C)ccc12. The highest BCUT2D eigenvalue weighted by Gasteiger charge is 2.17. The quantitative estimate of drug-likeness (QED) is 0.332.